The number of piperidine rings is 1. The Morgan fingerprint density at radius 2 is 1.92 bits per heavy atom. The highest BCUT2D eigenvalue weighted by atomic mass is 35.5. The van der Waals surface area contributed by atoms with Crippen molar-refractivity contribution in [3.8, 4) is 0 Å². The molecule has 138 valence electrons. The molecule has 1 aliphatic rings. The minimum atomic E-state index is -0.168. The van der Waals surface area contributed by atoms with Crippen LogP contribution < -0.4 is 5.32 Å². The van der Waals surface area contributed by atoms with Crippen LogP contribution in [0.2, 0.25) is 5.02 Å². The molecule has 0 saturated carbocycles. The summed E-state index contributed by atoms with van der Waals surface area (Å²) >= 11 is 6.05. The number of aromatic nitrogens is 2. The number of rotatable bonds is 5. The normalized spacial score (nSPS) is 15.1. The lowest BCUT2D eigenvalue weighted by Crippen LogP contribution is -2.43. The van der Waals surface area contributed by atoms with Gasteiger partial charge in [0.05, 0.1) is 5.02 Å². The molecule has 2 aromatic rings. The molecule has 0 unspecified atom stereocenters. The molecular weight excluding hydrogens is 352 g/mol. The molecule has 0 spiro atoms. The molecule has 2 heterocycles. The summed E-state index contributed by atoms with van der Waals surface area (Å²) in [6.07, 6.45) is 3.75. The molecule has 1 N–H and O–H groups in total. The summed E-state index contributed by atoms with van der Waals surface area (Å²) in [5.41, 5.74) is 1.49. The van der Waals surface area contributed by atoms with Gasteiger partial charge in [-0.05, 0) is 24.8 Å². The maximum atomic E-state index is 12.5. The Morgan fingerprint density at radius 3 is 2.54 bits per heavy atom. The third kappa shape index (κ3) is 4.43. The lowest BCUT2D eigenvalue weighted by Gasteiger charge is -2.31. The van der Waals surface area contributed by atoms with Gasteiger partial charge in [0.25, 0.3) is 5.91 Å². The van der Waals surface area contributed by atoms with Crippen LogP contribution in [-0.4, -0.2) is 46.1 Å². The number of carbonyl (C=O) groups excluding carboxylic acids is 2. The Kier molecular flexibility index (Phi) is 5.93. The van der Waals surface area contributed by atoms with Crippen LogP contribution >= 0.6 is 11.6 Å². The number of halogens is 1. The molecule has 1 aromatic carbocycles. The van der Waals surface area contributed by atoms with Crippen molar-refractivity contribution in [1.82, 2.24) is 20.0 Å². The van der Waals surface area contributed by atoms with Gasteiger partial charge in [0, 0.05) is 38.8 Å². The maximum absolute atomic E-state index is 12.5. The average molecular weight is 375 g/mol. The molecule has 1 saturated heterocycles. The molecule has 1 fully saturated rings. The molecule has 0 aliphatic carbocycles. The average Bonchev–Trinajstić information content (AvgIpc) is 3.00. The molecule has 26 heavy (non-hydrogen) atoms. The highest BCUT2D eigenvalue weighted by molar-refractivity contribution is 6.33. The Morgan fingerprint density at radius 1 is 1.23 bits per heavy atom. The maximum Gasteiger partial charge on any atom is 0.275 e. The van der Waals surface area contributed by atoms with E-state index in [4.69, 9.17) is 11.6 Å². The van der Waals surface area contributed by atoms with Crippen molar-refractivity contribution in [3.05, 3.63) is 52.8 Å². The van der Waals surface area contributed by atoms with Crippen LogP contribution in [0.1, 0.15) is 28.9 Å². The third-order valence-corrected chi connectivity index (χ3v) is 4.97. The molecule has 6 nitrogen and oxygen atoms in total. The van der Waals surface area contributed by atoms with E-state index in [-0.39, 0.29) is 23.4 Å². The number of hydrogen-bond acceptors (Lipinski definition) is 3. The zero-order chi connectivity index (χ0) is 18.5. The largest absolute Gasteiger partial charge is 0.356 e. The first-order chi connectivity index (χ1) is 12.5. The Balaban J connectivity index is 1.45. The van der Waals surface area contributed by atoms with Crippen molar-refractivity contribution < 1.29 is 9.59 Å². The van der Waals surface area contributed by atoms with Crippen molar-refractivity contribution in [1.29, 1.82) is 0 Å². The van der Waals surface area contributed by atoms with Gasteiger partial charge in [0.1, 0.15) is 0 Å². The summed E-state index contributed by atoms with van der Waals surface area (Å²) in [5.74, 6) is -0.142. The van der Waals surface area contributed by atoms with Crippen molar-refractivity contribution in [2.24, 2.45) is 13.0 Å². The van der Waals surface area contributed by atoms with E-state index in [0.717, 1.165) is 6.42 Å². The second-order valence-electron chi connectivity index (χ2n) is 6.59. The molecular formula is C19H23ClN4O2. The predicted octanol–water partition coefficient (Wildman–Crippen LogP) is 2.28. The van der Waals surface area contributed by atoms with Gasteiger partial charge in [-0.15, -0.1) is 0 Å². The number of carbonyl (C=O) groups is 2. The van der Waals surface area contributed by atoms with Crippen LogP contribution in [0.25, 0.3) is 0 Å². The second kappa shape index (κ2) is 8.36. The summed E-state index contributed by atoms with van der Waals surface area (Å²) in [6, 6.07) is 10.1. The number of aryl methyl sites for hydroxylation is 1. The lowest BCUT2D eigenvalue weighted by molar-refractivity contribution is -0.126. The van der Waals surface area contributed by atoms with Gasteiger partial charge in [-0.3, -0.25) is 14.3 Å². The van der Waals surface area contributed by atoms with Gasteiger partial charge in [0.15, 0.2) is 5.69 Å². The smallest absolute Gasteiger partial charge is 0.275 e. The zero-order valence-corrected chi connectivity index (χ0v) is 15.6. The Labute approximate surface area is 158 Å². The van der Waals surface area contributed by atoms with Gasteiger partial charge in [-0.2, -0.15) is 5.10 Å². The van der Waals surface area contributed by atoms with Gasteiger partial charge in [-0.25, -0.2) is 0 Å². The number of nitrogens with zero attached hydrogens (tertiary/aromatic N) is 3. The predicted molar refractivity (Wildman–Crippen MR) is 100 cm³/mol. The molecule has 2 amide bonds. The van der Waals surface area contributed by atoms with E-state index in [1.54, 1.807) is 18.1 Å². The molecule has 7 heteroatoms. The zero-order valence-electron chi connectivity index (χ0n) is 14.8. The van der Waals surface area contributed by atoms with Crippen molar-refractivity contribution >= 4 is 23.4 Å². The summed E-state index contributed by atoms with van der Waals surface area (Å²) in [5, 5.41) is 7.49. The van der Waals surface area contributed by atoms with Crippen LogP contribution in [0, 0.1) is 5.92 Å². The van der Waals surface area contributed by atoms with Crippen molar-refractivity contribution in [3.63, 3.8) is 0 Å². The third-order valence-electron chi connectivity index (χ3n) is 4.70. The standard InChI is InChI=1S/C19H23ClN4O2/c1-23-13-16(20)17(22-23)19(26)24-11-8-15(9-12-24)18(25)21-10-7-14-5-3-2-4-6-14/h2-6,13,15H,7-12H2,1H3,(H,21,25). The number of likely N-dealkylation sites (tertiary alicyclic amines) is 1. The van der Waals surface area contributed by atoms with E-state index >= 15 is 0 Å². The molecule has 3 rings (SSSR count). The van der Waals surface area contributed by atoms with Crippen LogP contribution in [0.4, 0.5) is 0 Å². The van der Waals surface area contributed by atoms with Gasteiger partial charge in [0.2, 0.25) is 5.91 Å². The van der Waals surface area contributed by atoms with Crippen LogP contribution in [0.15, 0.2) is 36.5 Å². The monoisotopic (exact) mass is 374 g/mol. The first kappa shape index (κ1) is 18.5. The SMILES string of the molecule is Cn1cc(Cl)c(C(=O)N2CCC(C(=O)NCCc3ccccc3)CC2)n1. The molecule has 0 radical (unpaired) electrons. The Bertz CT molecular complexity index is 767. The topological polar surface area (TPSA) is 67.2 Å². The van der Waals surface area contributed by atoms with Crippen LogP contribution in [0.3, 0.4) is 0 Å². The van der Waals surface area contributed by atoms with Gasteiger partial charge in [-0.1, -0.05) is 41.9 Å². The van der Waals surface area contributed by atoms with E-state index in [0.29, 0.717) is 37.5 Å². The first-order valence-corrected chi connectivity index (χ1v) is 9.22. The van der Waals surface area contributed by atoms with E-state index in [1.807, 2.05) is 18.2 Å². The molecule has 0 atom stereocenters. The fourth-order valence-electron chi connectivity index (χ4n) is 3.22. The summed E-state index contributed by atoms with van der Waals surface area (Å²) in [6.45, 7) is 1.72. The van der Waals surface area contributed by atoms with Crippen molar-refractivity contribution in [2.45, 2.75) is 19.3 Å². The minimum Gasteiger partial charge on any atom is -0.356 e. The second-order valence-corrected chi connectivity index (χ2v) is 7.00. The lowest BCUT2D eigenvalue weighted by atomic mass is 9.95. The molecule has 1 aliphatic heterocycles. The number of amides is 2. The quantitative estimate of drug-likeness (QED) is 0.873. The highest BCUT2D eigenvalue weighted by Gasteiger charge is 2.29. The van der Waals surface area contributed by atoms with Gasteiger partial charge >= 0.3 is 0 Å². The van der Waals surface area contributed by atoms with Crippen LogP contribution in [0.5, 0.6) is 0 Å². The minimum absolute atomic E-state index is 0.0472. The summed E-state index contributed by atoms with van der Waals surface area (Å²) < 4.78 is 1.53. The number of nitrogens with one attached hydrogen (secondary N) is 1. The van der Waals surface area contributed by atoms with E-state index in [9.17, 15) is 9.59 Å². The number of hydrogen-bond donors (Lipinski definition) is 1. The fourth-order valence-corrected chi connectivity index (χ4v) is 3.48. The van der Waals surface area contributed by atoms with E-state index < -0.39 is 0 Å². The van der Waals surface area contributed by atoms with Crippen LogP contribution in [-0.2, 0) is 18.3 Å². The molecule has 1 aromatic heterocycles. The van der Waals surface area contributed by atoms with E-state index in [2.05, 4.69) is 22.5 Å². The van der Waals surface area contributed by atoms with E-state index in [1.165, 1.54) is 10.2 Å². The molecule has 0 bridgehead atoms. The first-order valence-electron chi connectivity index (χ1n) is 8.84. The highest BCUT2D eigenvalue weighted by Crippen LogP contribution is 2.21. The fraction of sp³-hybridized carbons (Fsp3) is 0.421. The number of benzene rings is 1. The Hall–Kier alpha value is -2.34. The summed E-state index contributed by atoms with van der Waals surface area (Å²) in [4.78, 5) is 26.6. The van der Waals surface area contributed by atoms with Gasteiger partial charge < -0.3 is 10.2 Å². The summed E-state index contributed by atoms with van der Waals surface area (Å²) in [7, 11) is 1.73. The van der Waals surface area contributed by atoms with Crippen molar-refractivity contribution in [2.75, 3.05) is 19.6 Å².